The van der Waals surface area contributed by atoms with E-state index in [1.54, 1.807) is 0 Å². The molecule has 112 valence electrons. The van der Waals surface area contributed by atoms with E-state index < -0.39 is 0 Å². The van der Waals surface area contributed by atoms with Crippen LogP contribution in [0.2, 0.25) is 5.02 Å². The Labute approximate surface area is 139 Å². The molecule has 1 N–H and O–H groups in total. The largest absolute Gasteiger partial charge is 0.457 e. The molecule has 2 nitrogen and oxygen atoms in total. The van der Waals surface area contributed by atoms with Crippen LogP contribution in [0.5, 0.6) is 11.5 Å². The summed E-state index contributed by atoms with van der Waals surface area (Å²) < 4.78 is 7.18. The smallest absolute Gasteiger partial charge is 0.132 e. The van der Waals surface area contributed by atoms with Gasteiger partial charge in [-0.1, -0.05) is 34.5 Å². The van der Waals surface area contributed by atoms with Crippen molar-refractivity contribution in [2.45, 2.75) is 27.3 Å². The van der Waals surface area contributed by atoms with Gasteiger partial charge in [-0.2, -0.15) is 0 Å². The van der Waals surface area contributed by atoms with Gasteiger partial charge in [-0.05, 0) is 61.9 Å². The summed E-state index contributed by atoms with van der Waals surface area (Å²) in [5.74, 6) is 1.68. The molecule has 0 spiro atoms. The Hall–Kier alpha value is -1.03. The molecule has 0 aromatic heterocycles. The number of halogens is 2. The molecule has 0 unspecified atom stereocenters. The van der Waals surface area contributed by atoms with Gasteiger partial charge in [0.25, 0.3) is 0 Å². The van der Waals surface area contributed by atoms with Crippen LogP contribution < -0.4 is 10.1 Å². The maximum absolute atomic E-state index is 6.08. The van der Waals surface area contributed by atoms with Gasteiger partial charge in [0.1, 0.15) is 11.5 Å². The Balaban J connectivity index is 2.30. The summed E-state index contributed by atoms with van der Waals surface area (Å²) in [5.41, 5.74) is 3.38. The normalized spacial score (nSPS) is 10.7. The summed E-state index contributed by atoms with van der Waals surface area (Å²) in [7, 11) is 0. The molecular weight excluding hydrogens is 350 g/mol. The summed E-state index contributed by atoms with van der Waals surface area (Å²) in [6.45, 7) is 7.84. The number of aryl methyl sites for hydroxylation is 2. The zero-order valence-electron chi connectivity index (χ0n) is 12.5. The van der Waals surface area contributed by atoms with Crippen molar-refractivity contribution in [3.63, 3.8) is 0 Å². The lowest BCUT2D eigenvalue weighted by Gasteiger charge is -2.14. The first-order valence-electron chi connectivity index (χ1n) is 6.95. The Morgan fingerprint density at radius 1 is 1.14 bits per heavy atom. The zero-order valence-corrected chi connectivity index (χ0v) is 14.8. The average Bonchev–Trinajstić information content (AvgIpc) is 2.45. The second-order valence-electron chi connectivity index (χ2n) is 5.01. The van der Waals surface area contributed by atoms with E-state index in [2.05, 4.69) is 42.0 Å². The SMILES string of the molecule is CCNCc1cc(Cl)ccc1Oc1cc(C)c(Br)c(C)c1. The Kier molecular flexibility index (Phi) is 5.68. The molecule has 0 amide bonds. The van der Waals surface area contributed by atoms with E-state index in [0.29, 0.717) is 0 Å². The molecule has 2 aromatic carbocycles. The van der Waals surface area contributed by atoms with Gasteiger partial charge in [-0.15, -0.1) is 0 Å². The summed E-state index contributed by atoms with van der Waals surface area (Å²) in [4.78, 5) is 0. The first-order valence-corrected chi connectivity index (χ1v) is 8.12. The topological polar surface area (TPSA) is 21.3 Å². The van der Waals surface area contributed by atoms with Gasteiger partial charge in [-0.25, -0.2) is 0 Å². The number of benzene rings is 2. The van der Waals surface area contributed by atoms with Crippen molar-refractivity contribution in [3.8, 4) is 11.5 Å². The maximum Gasteiger partial charge on any atom is 0.132 e. The molecule has 2 rings (SSSR count). The Morgan fingerprint density at radius 3 is 2.43 bits per heavy atom. The predicted octanol–water partition coefficient (Wildman–Crippen LogP) is 5.62. The van der Waals surface area contributed by atoms with Gasteiger partial charge >= 0.3 is 0 Å². The van der Waals surface area contributed by atoms with Crippen molar-refractivity contribution in [2.24, 2.45) is 0 Å². The molecule has 0 bridgehead atoms. The number of hydrogen-bond donors (Lipinski definition) is 1. The molecule has 0 aliphatic heterocycles. The van der Waals surface area contributed by atoms with E-state index in [0.717, 1.165) is 50.8 Å². The highest BCUT2D eigenvalue weighted by Crippen LogP contribution is 2.32. The summed E-state index contributed by atoms with van der Waals surface area (Å²) in [5, 5.41) is 4.02. The van der Waals surface area contributed by atoms with Crippen molar-refractivity contribution < 1.29 is 4.74 Å². The molecule has 0 fully saturated rings. The first kappa shape index (κ1) is 16.3. The van der Waals surface area contributed by atoms with Crippen LogP contribution in [-0.4, -0.2) is 6.54 Å². The molecule has 0 heterocycles. The minimum Gasteiger partial charge on any atom is -0.457 e. The molecule has 4 heteroatoms. The second kappa shape index (κ2) is 7.30. The molecule has 0 saturated carbocycles. The number of hydrogen-bond acceptors (Lipinski definition) is 2. The van der Waals surface area contributed by atoms with Crippen molar-refractivity contribution >= 4 is 27.5 Å². The fourth-order valence-electron chi connectivity index (χ4n) is 2.14. The van der Waals surface area contributed by atoms with Crippen molar-refractivity contribution in [2.75, 3.05) is 6.54 Å². The van der Waals surface area contributed by atoms with Crippen LogP contribution in [0.3, 0.4) is 0 Å². The highest BCUT2D eigenvalue weighted by atomic mass is 79.9. The summed E-state index contributed by atoms with van der Waals surface area (Å²) >= 11 is 9.65. The summed E-state index contributed by atoms with van der Waals surface area (Å²) in [6, 6.07) is 9.77. The van der Waals surface area contributed by atoms with Crippen LogP contribution in [-0.2, 0) is 6.54 Å². The average molecular weight is 369 g/mol. The van der Waals surface area contributed by atoms with E-state index in [4.69, 9.17) is 16.3 Å². The van der Waals surface area contributed by atoms with Gasteiger partial charge in [0.2, 0.25) is 0 Å². The second-order valence-corrected chi connectivity index (χ2v) is 6.23. The molecule has 21 heavy (non-hydrogen) atoms. The lowest BCUT2D eigenvalue weighted by molar-refractivity contribution is 0.472. The number of nitrogens with one attached hydrogen (secondary N) is 1. The quantitative estimate of drug-likeness (QED) is 0.739. The van der Waals surface area contributed by atoms with Gasteiger partial charge < -0.3 is 10.1 Å². The Morgan fingerprint density at radius 2 is 1.81 bits per heavy atom. The van der Waals surface area contributed by atoms with E-state index in [-0.39, 0.29) is 0 Å². The van der Waals surface area contributed by atoms with Gasteiger partial charge in [0, 0.05) is 21.6 Å². The lowest BCUT2D eigenvalue weighted by atomic mass is 10.1. The third kappa shape index (κ3) is 4.22. The molecule has 0 saturated heterocycles. The molecule has 0 aliphatic rings. The first-order chi connectivity index (χ1) is 10.0. The van der Waals surface area contributed by atoms with Crippen LogP contribution in [0.4, 0.5) is 0 Å². The van der Waals surface area contributed by atoms with E-state index in [1.807, 2.05) is 30.3 Å². The van der Waals surface area contributed by atoms with Gasteiger partial charge in [0.05, 0.1) is 0 Å². The van der Waals surface area contributed by atoms with Gasteiger partial charge in [-0.3, -0.25) is 0 Å². The Bertz CT molecular complexity index is 620. The van der Waals surface area contributed by atoms with Crippen molar-refractivity contribution in [1.29, 1.82) is 0 Å². The molecule has 0 aliphatic carbocycles. The van der Waals surface area contributed by atoms with E-state index >= 15 is 0 Å². The zero-order chi connectivity index (χ0) is 15.4. The lowest BCUT2D eigenvalue weighted by Crippen LogP contribution is -2.12. The molecule has 2 aromatic rings. The molecule has 0 atom stereocenters. The van der Waals surface area contributed by atoms with Crippen molar-refractivity contribution in [3.05, 3.63) is 56.5 Å². The standard InChI is InChI=1S/C17H19BrClNO/c1-4-20-10-13-9-14(19)5-6-16(13)21-15-7-11(2)17(18)12(3)8-15/h5-9,20H,4,10H2,1-3H3. The van der Waals surface area contributed by atoms with Crippen LogP contribution in [0, 0.1) is 13.8 Å². The molecule has 0 radical (unpaired) electrons. The van der Waals surface area contributed by atoms with Gasteiger partial charge in [0.15, 0.2) is 0 Å². The van der Waals surface area contributed by atoms with Crippen LogP contribution in [0.15, 0.2) is 34.8 Å². The van der Waals surface area contributed by atoms with Crippen LogP contribution in [0.1, 0.15) is 23.6 Å². The minimum absolute atomic E-state index is 0.721. The number of rotatable bonds is 5. The fraction of sp³-hybridized carbons (Fsp3) is 0.294. The maximum atomic E-state index is 6.08. The monoisotopic (exact) mass is 367 g/mol. The van der Waals surface area contributed by atoms with Crippen molar-refractivity contribution in [1.82, 2.24) is 5.32 Å². The summed E-state index contributed by atoms with van der Waals surface area (Å²) in [6.07, 6.45) is 0. The highest BCUT2D eigenvalue weighted by Gasteiger charge is 2.08. The van der Waals surface area contributed by atoms with Crippen LogP contribution in [0.25, 0.3) is 0 Å². The molecular formula is C17H19BrClNO. The minimum atomic E-state index is 0.721. The van der Waals surface area contributed by atoms with E-state index in [1.165, 1.54) is 0 Å². The number of ether oxygens (including phenoxy) is 1. The van der Waals surface area contributed by atoms with Crippen LogP contribution >= 0.6 is 27.5 Å². The highest BCUT2D eigenvalue weighted by molar-refractivity contribution is 9.10. The van der Waals surface area contributed by atoms with E-state index in [9.17, 15) is 0 Å². The predicted molar refractivity (Wildman–Crippen MR) is 92.5 cm³/mol. The third-order valence-corrected chi connectivity index (χ3v) is 4.71. The fourth-order valence-corrected chi connectivity index (χ4v) is 2.56. The third-order valence-electron chi connectivity index (χ3n) is 3.23.